The first kappa shape index (κ1) is 28.9. The molecule has 0 spiro atoms. The molecule has 12 heteroatoms. The largest absolute Gasteiger partial charge is 0.294 e. The van der Waals surface area contributed by atoms with Crippen LogP contribution >= 0.6 is 0 Å². The maximum Gasteiger partial charge on any atom is 0.294 e. The van der Waals surface area contributed by atoms with Crippen molar-refractivity contribution < 1.29 is 25.9 Å². The first-order valence-corrected chi connectivity index (χ1v) is 12.8. The molecule has 0 fully saturated rings. The van der Waals surface area contributed by atoms with Gasteiger partial charge in [0.2, 0.25) is 0 Å². The summed E-state index contributed by atoms with van der Waals surface area (Å²) in [7, 11) is -8.57. The van der Waals surface area contributed by atoms with Gasteiger partial charge in [-0.05, 0) is 58.7 Å². The molecule has 0 saturated carbocycles. The van der Waals surface area contributed by atoms with Crippen LogP contribution in [-0.4, -0.2) is 95.0 Å². The molecular formula is C24H16N2Na2O6S2. The van der Waals surface area contributed by atoms with Crippen LogP contribution in [0.3, 0.4) is 0 Å². The van der Waals surface area contributed by atoms with Crippen LogP contribution in [0.15, 0.2) is 95.0 Å². The zero-order chi connectivity index (χ0) is 24.1. The molecule has 2 heterocycles. The Morgan fingerprint density at radius 3 is 1.14 bits per heavy atom. The van der Waals surface area contributed by atoms with E-state index >= 15 is 0 Å². The summed E-state index contributed by atoms with van der Waals surface area (Å²) < 4.78 is 63.9. The second-order valence-electron chi connectivity index (χ2n) is 7.57. The first-order valence-electron chi connectivity index (χ1n) is 9.95. The summed E-state index contributed by atoms with van der Waals surface area (Å²) in [6.07, 6.45) is 3.28. The summed E-state index contributed by atoms with van der Waals surface area (Å²) in [4.78, 5) is 8.67. The van der Waals surface area contributed by atoms with Gasteiger partial charge >= 0.3 is 0 Å². The van der Waals surface area contributed by atoms with Crippen LogP contribution < -0.4 is 0 Å². The number of aromatic nitrogens is 2. The topological polar surface area (TPSA) is 135 Å². The van der Waals surface area contributed by atoms with Gasteiger partial charge in [-0.15, -0.1) is 0 Å². The number of nitrogens with zero attached hydrogens (tertiary/aromatic N) is 2. The first-order chi connectivity index (χ1) is 16.1. The molecule has 2 aromatic heterocycles. The molecule has 0 atom stereocenters. The van der Waals surface area contributed by atoms with E-state index in [0.717, 1.165) is 33.0 Å². The normalized spacial score (nSPS) is 11.6. The van der Waals surface area contributed by atoms with Crippen molar-refractivity contribution in [3.63, 3.8) is 0 Å². The Labute approximate surface area is 251 Å². The fourth-order valence-electron chi connectivity index (χ4n) is 3.94. The minimum atomic E-state index is -4.28. The van der Waals surface area contributed by atoms with Gasteiger partial charge in [-0.25, -0.2) is 0 Å². The molecule has 5 aromatic rings. The molecule has 0 bridgehead atoms. The molecule has 0 aliphatic heterocycles. The van der Waals surface area contributed by atoms with Crippen molar-refractivity contribution in [3.8, 4) is 22.3 Å². The molecule has 8 nitrogen and oxygen atoms in total. The Kier molecular flexibility index (Phi) is 8.79. The van der Waals surface area contributed by atoms with E-state index in [-0.39, 0.29) is 68.9 Å². The van der Waals surface area contributed by atoms with Crippen molar-refractivity contribution in [1.29, 1.82) is 0 Å². The second kappa shape index (κ2) is 11.0. The van der Waals surface area contributed by atoms with E-state index in [0.29, 0.717) is 11.0 Å². The molecule has 2 radical (unpaired) electrons. The molecule has 0 aliphatic carbocycles. The minimum absolute atomic E-state index is 0. The SMILES string of the molecule is O=S(=O)(O)c1ccc(-c2ccnc3c2ccc2c(-c4ccc(S(=O)(=O)O)cc4)ccnc23)cc1.[Na].[Na]. The third-order valence-electron chi connectivity index (χ3n) is 5.55. The Morgan fingerprint density at radius 2 is 0.833 bits per heavy atom. The van der Waals surface area contributed by atoms with Crippen LogP contribution in [0.4, 0.5) is 0 Å². The minimum Gasteiger partial charge on any atom is -0.282 e. The average Bonchev–Trinajstić information content (AvgIpc) is 2.82. The van der Waals surface area contributed by atoms with E-state index in [9.17, 15) is 25.9 Å². The summed E-state index contributed by atoms with van der Waals surface area (Å²) in [6, 6.07) is 19.2. The van der Waals surface area contributed by atoms with Crippen molar-refractivity contribution in [2.45, 2.75) is 9.79 Å². The number of hydrogen-bond acceptors (Lipinski definition) is 6. The number of rotatable bonds is 4. The predicted molar refractivity (Wildman–Crippen MR) is 139 cm³/mol. The third kappa shape index (κ3) is 5.58. The molecule has 2 N–H and O–H groups in total. The van der Waals surface area contributed by atoms with Crippen LogP contribution in [0.2, 0.25) is 0 Å². The summed E-state index contributed by atoms with van der Waals surface area (Å²) in [5, 5.41) is 1.61. The van der Waals surface area contributed by atoms with Crippen molar-refractivity contribution in [2.75, 3.05) is 0 Å². The Morgan fingerprint density at radius 1 is 0.500 bits per heavy atom. The number of benzene rings is 3. The van der Waals surface area contributed by atoms with Gasteiger partial charge in [-0.2, -0.15) is 16.8 Å². The fraction of sp³-hybridized carbons (Fsp3) is 0. The Bertz CT molecular complexity index is 1660. The fourth-order valence-corrected chi connectivity index (χ4v) is 4.90. The maximum atomic E-state index is 11.4. The van der Waals surface area contributed by atoms with Crippen molar-refractivity contribution in [2.24, 2.45) is 0 Å². The van der Waals surface area contributed by atoms with Gasteiger partial charge in [0.05, 0.1) is 20.8 Å². The van der Waals surface area contributed by atoms with Crippen molar-refractivity contribution in [1.82, 2.24) is 9.97 Å². The smallest absolute Gasteiger partial charge is 0.282 e. The molecule has 0 aliphatic rings. The second-order valence-corrected chi connectivity index (χ2v) is 10.4. The molecule has 0 unspecified atom stereocenters. The van der Waals surface area contributed by atoms with Gasteiger partial charge in [-0.3, -0.25) is 19.1 Å². The molecular weight excluding hydrogens is 522 g/mol. The van der Waals surface area contributed by atoms with Gasteiger partial charge in [0.1, 0.15) is 0 Å². The molecule has 5 rings (SSSR count). The monoisotopic (exact) mass is 538 g/mol. The van der Waals surface area contributed by atoms with Gasteiger partial charge in [-0.1, -0.05) is 36.4 Å². The molecule has 36 heavy (non-hydrogen) atoms. The van der Waals surface area contributed by atoms with Crippen LogP contribution in [0.25, 0.3) is 44.1 Å². The predicted octanol–water partition coefficient (Wildman–Crippen LogP) is 3.85. The van der Waals surface area contributed by atoms with Crippen molar-refractivity contribution >= 4 is 101 Å². The Balaban J connectivity index is 0.00000180. The molecule has 172 valence electrons. The molecule has 3 aromatic carbocycles. The van der Waals surface area contributed by atoms with Crippen LogP contribution in [0.5, 0.6) is 0 Å². The number of pyridine rings is 2. The summed E-state index contributed by atoms with van der Waals surface area (Å²) in [5.41, 5.74) is 4.42. The molecule has 0 amide bonds. The van der Waals surface area contributed by atoms with E-state index in [1.165, 1.54) is 24.3 Å². The van der Waals surface area contributed by atoms with E-state index < -0.39 is 20.2 Å². The quantitative estimate of drug-likeness (QED) is 0.200. The summed E-state index contributed by atoms with van der Waals surface area (Å²) in [6.45, 7) is 0. The van der Waals surface area contributed by atoms with Gasteiger partial charge in [0.25, 0.3) is 20.2 Å². The van der Waals surface area contributed by atoms with Gasteiger partial charge < -0.3 is 0 Å². The standard InChI is InChI=1S/C24H16N2O6S2.2Na/c27-33(28,29)17-5-1-15(2-6-17)19-11-13-25-23-21(19)9-10-22-20(12-14-26-24(22)23)16-3-7-18(8-4-16)34(30,31)32;;/h1-14H,(H,27,28,29)(H,30,31,32);;. The molecule has 0 saturated heterocycles. The van der Waals surface area contributed by atoms with E-state index in [4.69, 9.17) is 0 Å². The summed E-state index contributed by atoms with van der Waals surface area (Å²) in [5.74, 6) is 0. The van der Waals surface area contributed by atoms with E-state index in [1.807, 2.05) is 24.3 Å². The van der Waals surface area contributed by atoms with Gasteiger partial charge in [0.15, 0.2) is 0 Å². The van der Waals surface area contributed by atoms with Crippen molar-refractivity contribution in [3.05, 3.63) is 85.2 Å². The number of fused-ring (bicyclic) bond motifs is 3. The zero-order valence-electron chi connectivity index (χ0n) is 19.3. The third-order valence-corrected chi connectivity index (χ3v) is 7.28. The van der Waals surface area contributed by atoms with Crippen LogP contribution in [0, 0.1) is 0 Å². The Hall–Kier alpha value is -1.70. The van der Waals surface area contributed by atoms with Gasteiger partial charge in [0, 0.05) is 82.3 Å². The van der Waals surface area contributed by atoms with E-state index in [2.05, 4.69) is 9.97 Å². The van der Waals surface area contributed by atoms with Crippen LogP contribution in [-0.2, 0) is 20.2 Å². The maximum absolute atomic E-state index is 11.4. The number of hydrogen-bond donors (Lipinski definition) is 2. The zero-order valence-corrected chi connectivity index (χ0v) is 25.0. The summed E-state index contributed by atoms with van der Waals surface area (Å²) >= 11 is 0. The van der Waals surface area contributed by atoms with E-state index in [1.54, 1.807) is 36.7 Å². The average molecular weight is 539 g/mol. The van der Waals surface area contributed by atoms with Crippen LogP contribution in [0.1, 0.15) is 0 Å².